The predicted molar refractivity (Wildman–Crippen MR) is 106 cm³/mol. The molecule has 3 aliphatic rings. The van der Waals surface area contributed by atoms with Gasteiger partial charge in [-0.1, -0.05) is 6.58 Å². The SMILES string of the molecule is C=C1NCCCOc2ncc(F)cc2[C@@]23C[C@@H]2CCN3c2ccn3ncc1c3n2. The second kappa shape index (κ2) is 5.92. The number of pyridine rings is 1. The number of rotatable bonds is 0. The summed E-state index contributed by atoms with van der Waals surface area (Å²) in [6.45, 7) is 6.22. The number of fused-ring (bicyclic) bond motifs is 3. The van der Waals surface area contributed by atoms with E-state index < -0.39 is 0 Å². The average molecular weight is 392 g/mol. The third-order valence-corrected chi connectivity index (χ3v) is 6.39. The number of halogens is 1. The average Bonchev–Trinajstić information content (AvgIpc) is 3.11. The number of nitrogens with one attached hydrogen (secondary N) is 1. The van der Waals surface area contributed by atoms with Gasteiger partial charge in [0.05, 0.1) is 30.1 Å². The van der Waals surface area contributed by atoms with Gasteiger partial charge in [0.25, 0.3) is 0 Å². The van der Waals surface area contributed by atoms with E-state index in [1.165, 1.54) is 6.20 Å². The van der Waals surface area contributed by atoms with Crippen LogP contribution in [0.15, 0.2) is 37.3 Å². The van der Waals surface area contributed by atoms with Crippen LogP contribution in [0.1, 0.15) is 30.4 Å². The van der Waals surface area contributed by atoms with Crippen molar-refractivity contribution in [3.8, 4) is 5.88 Å². The van der Waals surface area contributed by atoms with Gasteiger partial charge in [-0.25, -0.2) is 18.9 Å². The van der Waals surface area contributed by atoms with Crippen LogP contribution in [0.2, 0.25) is 0 Å². The Hall–Kier alpha value is -3.16. The maximum absolute atomic E-state index is 14.2. The Kier molecular flexibility index (Phi) is 3.42. The molecule has 148 valence electrons. The van der Waals surface area contributed by atoms with Crippen LogP contribution in [0.5, 0.6) is 5.88 Å². The fraction of sp³-hybridized carbons (Fsp3) is 0.381. The summed E-state index contributed by atoms with van der Waals surface area (Å²) in [6.07, 6.45) is 7.72. The van der Waals surface area contributed by atoms with Gasteiger partial charge in [0.2, 0.25) is 5.88 Å². The number of hydrogen-bond acceptors (Lipinski definition) is 6. The van der Waals surface area contributed by atoms with Crippen LogP contribution in [0.4, 0.5) is 10.2 Å². The molecule has 2 fully saturated rings. The van der Waals surface area contributed by atoms with E-state index in [0.717, 1.165) is 54.1 Å². The largest absolute Gasteiger partial charge is 0.477 e. The summed E-state index contributed by atoms with van der Waals surface area (Å²) >= 11 is 0. The Morgan fingerprint density at radius 2 is 2.28 bits per heavy atom. The molecule has 0 aromatic carbocycles. The zero-order valence-electron chi connectivity index (χ0n) is 15.9. The van der Waals surface area contributed by atoms with Crippen LogP contribution in [0.3, 0.4) is 0 Å². The second-order valence-electron chi connectivity index (χ2n) is 7.99. The first-order chi connectivity index (χ1) is 14.2. The normalized spacial score (nSPS) is 25.6. The van der Waals surface area contributed by atoms with E-state index in [1.807, 2.05) is 12.3 Å². The van der Waals surface area contributed by atoms with Gasteiger partial charge < -0.3 is 15.0 Å². The van der Waals surface area contributed by atoms with E-state index in [0.29, 0.717) is 24.9 Å². The Labute approximate surface area is 167 Å². The molecule has 7 nitrogen and oxygen atoms in total. The van der Waals surface area contributed by atoms with E-state index in [4.69, 9.17) is 9.72 Å². The molecule has 1 saturated heterocycles. The fourth-order valence-corrected chi connectivity index (χ4v) is 4.92. The van der Waals surface area contributed by atoms with Crippen LogP contribution >= 0.6 is 0 Å². The van der Waals surface area contributed by atoms with Crippen molar-refractivity contribution >= 4 is 17.2 Å². The van der Waals surface area contributed by atoms with Crippen LogP contribution in [-0.2, 0) is 5.54 Å². The first kappa shape index (κ1) is 16.8. The zero-order chi connectivity index (χ0) is 19.6. The van der Waals surface area contributed by atoms with Crippen molar-refractivity contribution < 1.29 is 9.13 Å². The Balaban J connectivity index is 1.54. The molecule has 1 saturated carbocycles. The van der Waals surface area contributed by atoms with E-state index in [2.05, 4.69) is 26.9 Å². The summed E-state index contributed by atoms with van der Waals surface area (Å²) in [4.78, 5) is 11.5. The van der Waals surface area contributed by atoms with Crippen LogP contribution in [-0.4, -0.2) is 39.3 Å². The summed E-state index contributed by atoms with van der Waals surface area (Å²) < 4.78 is 22.0. The maximum atomic E-state index is 14.2. The van der Waals surface area contributed by atoms with E-state index >= 15 is 0 Å². The topological polar surface area (TPSA) is 67.6 Å². The Bertz CT molecular complexity index is 1140. The van der Waals surface area contributed by atoms with Crippen molar-refractivity contribution in [2.45, 2.75) is 24.8 Å². The predicted octanol–water partition coefficient (Wildman–Crippen LogP) is 2.73. The summed E-state index contributed by atoms with van der Waals surface area (Å²) in [5.41, 5.74) is 2.99. The van der Waals surface area contributed by atoms with Gasteiger partial charge >= 0.3 is 0 Å². The highest BCUT2D eigenvalue weighted by Gasteiger charge is 2.65. The number of nitrogens with zero attached hydrogens (tertiary/aromatic N) is 5. The number of piperidine rings is 1. The van der Waals surface area contributed by atoms with Crippen molar-refractivity contribution in [2.24, 2.45) is 5.92 Å². The highest BCUT2D eigenvalue weighted by Crippen LogP contribution is 2.64. The van der Waals surface area contributed by atoms with Crippen molar-refractivity contribution in [3.05, 3.63) is 54.2 Å². The molecule has 1 aliphatic carbocycles. The summed E-state index contributed by atoms with van der Waals surface area (Å²) in [5, 5.41) is 7.74. The first-order valence-corrected chi connectivity index (χ1v) is 10.0. The molecule has 2 atom stereocenters. The second-order valence-corrected chi connectivity index (χ2v) is 7.99. The molecule has 5 heterocycles. The number of ether oxygens (including phenoxy) is 1. The van der Waals surface area contributed by atoms with Gasteiger partial charge in [-0.15, -0.1) is 0 Å². The molecule has 0 radical (unpaired) electrons. The number of hydrogen-bond donors (Lipinski definition) is 1. The van der Waals surface area contributed by atoms with Crippen molar-refractivity contribution in [3.63, 3.8) is 0 Å². The molecule has 8 heteroatoms. The highest BCUT2D eigenvalue weighted by atomic mass is 19.1. The van der Waals surface area contributed by atoms with Gasteiger partial charge in [-0.3, -0.25) is 0 Å². The number of anilines is 1. The molecular weight excluding hydrogens is 371 g/mol. The van der Waals surface area contributed by atoms with E-state index in [9.17, 15) is 4.39 Å². The lowest BCUT2D eigenvalue weighted by Crippen LogP contribution is -2.34. The Morgan fingerprint density at radius 1 is 1.34 bits per heavy atom. The fourth-order valence-electron chi connectivity index (χ4n) is 4.92. The van der Waals surface area contributed by atoms with E-state index in [1.54, 1.807) is 16.8 Å². The molecule has 0 amide bonds. The minimum atomic E-state index is -0.334. The minimum Gasteiger partial charge on any atom is -0.477 e. The third kappa shape index (κ3) is 2.38. The maximum Gasteiger partial charge on any atom is 0.219 e. The lowest BCUT2D eigenvalue weighted by atomic mass is 10.0. The highest BCUT2D eigenvalue weighted by molar-refractivity contribution is 5.74. The third-order valence-electron chi connectivity index (χ3n) is 6.39. The van der Waals surface area contributed by atoms with Gasteiger partial charge in [0, 0.05) is 30.5 Å². The quantitative estimate of drug-likeness (QED) is 0.635. The molecule has 1 spiro atoms. The molecule has 2 bridgehead atoms. The summed E-state index contributed by atoms with van der Waals surface area (Å²) in [7, 11) is 0. The first-order valence-electron chi connectivity index (χ1n) is 10.0. The van der Waals surface area contributed by atoms with Gasteiger partial charge in [-0.05, 0) is 37.3 Å². The lowest BCUT2D eigenvalue weighted by Gasteiger charge is -2.31. The van der Waals surface area contributed by atoms with Crippen LogP contribution in [0.25, 0.3) is 11.3 Å². The van der Waals surface area contributed by atoms with E-state index in [-0.39, 0.29) is 11.4 Å². The standard InChI is InChI=1S/C21H21FN6O/c1-13-16-12-25-28-7-4-18(26-19(16)28)27-6-3-14-10-21(14,27)17-9-15(22)11-24-20(17)29-8-2-5-23-13/h4,7,9,11-12,14,23H,1-3,5-6,8,10H2/t14-,21+/m0/s1. The van der Waals surface area contributed by atoms with Crippen molar-refractivity contribution in [1.82, 2.24) is 24.9 Å². The smallest absolute Gasteiger partial charge is 0.219 e. The lowest BCUT2D eigenvalue weighted by molar-refractivity contribution is 0.291. The molecular formula is C21H21FN6O. The van der Waals surface area contributed by atoms with Gasteiger partial charge in [0.15, 0.2) is 5.65 Å². The van der Waals surface area contributed by atoms with Gasteiger partial charge in [0.1, 0.15) is 11.6 Å². The molecule has 6 rings (SSSR count). The Morgan fingerprint density at radius 3 is 3.17 bits per heavy atom. The molecule has 2 aliphatic heterocycles. The molecule has 3 aromatic heterocycles. The van der Waals surface area contributed by atoms with Gasteiger partial charge in [-0.2, -0.15) is 5.10 Å². The zero-order valence-corrected chi connectivity index (χ0v) is 15.9. The van der Waals surface area contributed by atoms with Crippen molar-refractivity contribution in [2.75, 3.05) is 24.6 Å². The van der Waals surface area contributed by atoms with Crippen molar-refractivity contribution in [1.29, 1.82) is 0 Å². The molecule has 0 unspecified atom stereocenters. The molecule has 3 aromatic rings. The number of aromatic nitrogens is 4. The molecule has 1 N–H and O–H groups in total. The van der Waals surface area contributed by atoms with Crippen LogP contribution in [0, 0.1) is 11.7 Å². The summed E-state index contributed by atoms with van der Waals surface area (Å²) in [5.74, 6) is 1.52. The minimum absolute atomic E-state index is 0.296. The van der Waals surface area contributed by atoms with Crippen LogP contribution < -0.4 is 15.0 Å². The summed E-state index contributed by atoms with van der Waals surface area (Å²) in [6, 6.07) is 3.57. The monoisotopic (exact) mass is 392 g/mol. The molecule has 29 heavy (non-hydrogen) atoms.